The average molecular weight is 719 g/mol. The summed E-state index contributed by atoms with van der Waals surface area (Å²) in [6.07, 6.45) is 5.38. The number of likely N-dealkylation sites (tertiary alicyclic amines) is 1. The lowest BCUT2D eigenvalue weighted by Gasteiger charge is -2.37. The summed E-state index contributed by atoms with van der Waals surface area (Å²) >= 11 is 3.69. The molecule has 3 amide bonds. The Morgan fingerprint density at radius 1 is 1.23 bits per heavy atom. The molecule has 1 unspecified atom stereocenters. The quantitative estimate of drug-likeness (QED) is 0.0964. The Balaban J connectivity index is 1.68. The van der Waals surface area contributed by atoms with Crippen LogP contribution in [0.5, 0.6) is 0 Å². The minimum Gasteiger partial charge on any atom is -0.455 e. The van der Waals surface area contributed by atoms with Crippen molar-refractivity contribution in [3.63, 3.8) is 0 Å². The minimum atomic E-state index is -1.29. The highest BCUT2D eigenvalue weighted by Crippen LogP contribution is 2.60. The van der Waals surface area contributed by atoms with Crippen LogP contribution in [0.4, 0.5) is 0 Å². The van der Waals surface area contributed by atoms with Gasteiger partial charge >= 0.3 is 5.97 Å². The Bertz CT molecular complexity index is 1280. The number of aliphatic hydroxyl groups is 1. The summed E-state index contributed by atoms with van der Waals surface area (Å²) in [6, 6.07) is 7.30. The number of alkyl halides is 1. The monoisotopic (exact) mass is 717 g/mol. The number of allylic oxidation sites excluding steroid dienone is 1. The van der Waals surface area contributed by atoms with Gasteiger partial charge in [-0.2, -0.15) is 0 Å². The molecule has 1 spiro atoms. The third kappa shape index (κ3) is 7.66. The Kier molecular flexibility index (Phi) is 13.2. The number of fused-ring (bicyclic) bond motifs is 1. The zero-order valence-electron chi connectivity index (χ0n) is 27.4. The van der Waals surface area contributed by atoms with E-state index in [1.807, 2.05) is 18.2 Å². The fourth-order valence-corrected chi connectivity index (χ4v) is 8.27. The van der Waals surface area contributed by atoms with Crippen LogP contribution in [0.2, 0.25) is 0 Å². The molecule has 47 heavy (non-hydrogen) atoms. The zero-order chi connectivity index (χ0) is 34.1. The second-order valence-corrected chi connectivity index (χ2v) is 13.6. The number of nitrogens with zero attached hydrogens (tertiary/aromatic N) is 2. The van der Waals surface area contributed by atoms with E-state index in [1.165, 1.54) is 12.0 Å². The zero-order valence-corrected chi connectivity index (χ0v) is 28.9. The van der Waals surface area contributed by atoms with E-state index < -0.39 is 53.6 Å². The molecule has 3 aliphatic heterocycles. The normalized spacial score (nSPS) is 27.2. The van der Waals surface area contributed by atoms with Gasteiger partial charge in [0.1, 0.15) is 17.7 Å². The number of esters is 1. The maximum atomic E-state index is 14.3. The molecular weight excluding hydrogens is 670 g/mol. The van der Waals surface area contributed by atoms with Crippen LogP contribution in [0.15, 0.2) is 55.6 Å². The Hall–Kier alpha value is -3.06. The number of rotatable bonds is 19. The Morgan fingerprint density at radius 3 is 2.62 bits per heavy atom. The van der Waals surface area contributed by atoms with E-state index in [0.29, 0.717) is 31.5 Å². The van der Waals surface area contributed by atoms with Crippen LogP contribution in [0, 0.1) is 11.8 Å². The molecule has 1 aromatic rings. The lowest BCUT2D eigenvalue weighted by atomic mass is 9.70. The van der Waals surface area contributed by atoms with Crippen LogP contribution in [0.3, 0.4) is 0 Å². The van der Waals surface area contributed by atoms with E-state index in [2.05, 4.69) is 41.3 Å². The van der Waals surface area contributed by atoms with E-state index in [1.54, 1.807) is 29.2 Å². The summed E-state index contributed by atoms with van der Waals surface area (Å²) in [5, 5.41) is 12.9. The predicted octanol–water partition coefficient (Wildman–Crippen LogP) is 3.31. The van der Waals surface area contributed by atoms with Crippen molar-refractivity contribution in [2.75, 3.05) is 40.0 Å². The van der Waals surface area contributed by atoms with Crippen LogP contribution in [0.1, 0.15) is 57.1 Å². The number of hydrogen-bond donors (Lipinski definition) is 2. The standard InChI is InChI=1S/C35H48BrN3O8/c1-5-8-13-18-38(17-7-3)33(43)31-35-21-24(36)30(47-35)27(28(35)32(42)39(31)19-20-40)34(44)46-29(23-14-11-10-12-15-23)25(22-45-4)37-26(41)16-9-6-2/h6-7,10-12,14-15,24-25,27-31,40H,2-3,5,8-9,13,16-22H2,1,4H3,(H,37,41)/t24?,25-,27+,28-,29-,30+,31+,35-/m1/s1. The van der Waals surface area contributed by atoms with E-state index in [-0.39, 0.29) is 42.8 Å². The van der Waals surface area contributed by atoms with Gasteiger partial charge in [-0.1, -0.05) is 78.2 Å². The van der Waals surface area contributed by atoms with Gasteiger partial charge in [0.05, 0.1) is 37.2 Å². The van der Waals surface area contributed by atoms with Gasteiger partial charge in [-0.15, -0.1) is 13.2 Å². The third-order valence-corrected chi connectivity index (χ3v) is 10.2. The molecule has 12 heteroatoms. The van der Waals surface area contributed by atoms with Gasteiger partial charge in [0.2, 0.25) is 17.7 Å². The second kappa shape index (κ2) is 16.9. The number of aliphatic hydroxyl groups excluding tert-OH is 1. The Labute approximate surface area is 285 Å². The molecule has 0 radical (unpaired) electrons. The number of carbonyl (C=O) groups excluding carboxylic acids is 4. The number of ether oxygens (including phenoxy) is 3. The van der Waals surface area contributed by atoms with Crippen molar-refractivity contribution in [1.29, 1.82) is 0 Å². The van der Waals surface area contributed by atoms with Gasteiger partial charge in [-0.05, 0) is 24.8 Å². The molecule has 1 aromatic carbocycles. The number of halogens is 1. The van der Waals surface area contributed by atoms with Crippen molar-refractivity contribution in [3.8, 4) is 0 Å². The lowest BCUT2D eigenvalue weighted by molar-refractivity contribution is -0.163. The highest BCUT2D eigenvalue weighted by Gasteiger charge is 2.77. The molecule has 2 N–H and O–H groups in total. The fourth-order valence-electron chi connectivity index (χ4n) is 7.32. The number of nitrogens with one attached hydrogen (secondary N) is 1. The van der Waals surface area contributed by atoms with Crippen molar-refractivity contribution in [1.82, 2.24) is 15.1 Å². The third-order valence-electron chi connectivity index (χ3n) is 9.33. The molecule has 3 heterocycles. The molecular formula is C35H48BrN3O8. The van der Waals surface area contributed by atoms with Crippen molar-refractivity contribution >= 4 is 39.6 Å². The molecule has 258 valence electrons. The van der Waals surface area contributed by atoms with Gasteiger partial charge in [0.25, 0.3) is 0 Å². The highest BCUT2D eigenvalue weighted by molar-refractivity contribution is 9.09. The van der Waals surface area contributed by atoms with Crippen LogP contribution in [-0.2, 0) is 33.4 Å². The van der Waals surface area contributed by atoms with E-state index in [9.17, 15) is 24.3 Å². The summed E-state index contributed by atoms with van der Waals surface area (Å²) in [5.41, 5.74) is -0.649. The van der Waals surface area contributed by atoms with Crippen LogP contribution in [0.25, 0.3) is 0 Å². The first-order valence-electron chi connectivity index (χ1n) is 16.5. The van der Waals surface area contributed by atoms with Crippen molar-refractivity contribution in [2.45, 2.75) is 80.2 Å². The molecule has 8 atom stereocenters. The molecule has 0 aromatic heterocycles. The van der Waals surface area contributed by atoms with Gasteiger partial charge in [0.15, 0.2) is 0 Å². The van der Waals surface area contributed by atoms with Crippen molar-refractivity contribution < 1.29 is 38.5 Å². The molecule has 0 aliphatic carbocycles. The molecule has 2 bridgehead atoms. The van der Waals surface area contributed by atoms with Gasteiger partial charge in [-0.3, -0.25) is 19.2 Å². The fraction of sp³-hybridized carbons (Fsp3) is 0.600. The SMILES string of the molecule is C=CCCC(=O)N[C@H](COC)[C@H](OC(=O)[C@@H]1[C@H]2O[C@@]3(CC2Br)[C@H](C(=O)N(CC=C)CCCCC)N(CCO)C(=O)[C@@H]13)c1ccccc1. The number of β-amino-alcohol motifs (C(OH)–C–C–N with tert-alkyl or cyclic N) is 1. The second-order valence-electron chi connectivity index (χ2n) is 12.4. The van der Waals surface area contributed by atoms with Gasteiger partial charge < -0.3 is 34.4 Å². The first-order chi connectivity index (χ1) is 22.7. The Morgan fingerprint density at radius 2 is 1.98 bits per heavy atom. The molecule has 11 nitrogen and oxygen atoms in total. The average Bonchev–Trinajstić information content (AvgIpc) is 3.65. The summed E-state index contributed by atoms with van der Waals surface area (Å²) in [7, 11) is 1.50. The molecule has 0 saturated carbocycles. The largest absolute Gasteiger partial charge is 0.455 e. The van der Waals surface area contributed by atoms with Crippen LogP contribution < -0.4 is 5.32 Å². The van der Waals surface area contributed by atoms with Crippen molar-refractivity contribution in [2.24, 2.45) is 11.8 Å². The number of benzene rings is 1. The van der Waals surface area contributed by atoms with Gasteiger partial charge in [-0.25, -0.2) is 0 Å². The summed E-state index contributed by atoms with van der Waals surface area (Å²) in [5.74, 6) is -3.65. The van der Waals surface area contributed by atoms with Gasteiger partial charge in [0, 0.05) is 38.0 Å². The number of methoxy groups -OCH3 is 1. The van der Waals surface area contributed by atoms with E-state index in [4.69, 9.17) is 14.2 Å². The topological polar surface area (TPSA) is 135 Å². The summed E-state index contributed by atoms with van der Waals surface area (Å²) < 4.78 is 18.3. The van der Waals surface area contributed by atoms with Crippen molar-refractivity contribution in [3.05, 3.63) is 61.2 Å². The molecule has 3 saturated heterocycles. The summed E-state index contributed by atoms with van der Waals surface area (Å²) in [6.45, 7) is 10.00. The first kappa shape index (κ1) is 36.8. The highest BCUT2D eigenvalue weighted by atomic mass is 79.9. The predicted molar refractivity (Wildman–Crippen MR) is 179 cm³/mol. The van der Waals surface area contributed by atoms with Crippen LogP contribution in [-0.4, -0.2) is 107 Å². The van der Waals surface area contributed by atoms with E-state index in [0.717, 1.165) is 19.3 Å². The van der Waals surface area contributed by atoms with E-state index >= 15 is 0 Å². The smallest absolute Gasteiger partial charge is 0.313 e. The number of amides is 3. The number of hydrogen-bond acceptors (Lipinski definition) is 8. The summed E-state index contributed by atoms with van der Waals surface area (Å²) in [4.78, 5) is 58.4. The molecule has 3 aliphatic rings. The number of carbonyl (C=O) groups is 4. The maximum absolute atomic E-state index is 14.3. The van der Waals surface area contributed by atoms with Crippen LogP contribution >= 0.6 is 15.9 Å². The number of unbranched alkanes of at least 4 members (excludes halogenated alkanes) is 2. The lowest BCUT2D eigenvalue weighted by Crippen LogP contribution is -2.57. The maximum Gasteiger partial charge on any atom is 0.313 e. The first-order valence-corrected chi connectivity index (χ1v) is 17.4. The molecule has 3 fully saturated rings. The molecule has 4 rings (SSSR count). The minimum absolute atomic E-state index is 0.0582.